The zero-order valence-corrected chi connectivity index (χ0v) is 13.2. The Morgan fingerprint density at radius 3 is 2.62 bits per heavy atom. The summed E-state index contributed by atoms with van der Waals surface area (Å²) in [6.45, 7) is 2.21. The highest BCUT2D eigenvalue weighted by Gasteiger charge is 2.21. The van der Waals surface area contributed by atoms with Crippen molar-refractivity contribution in [3.63, 3.8) is 0 Å². The lowest BCUT2D eigenvalue weighted by molar-refractivity contribution is -0.143. The number of ether oxygens (including phenoxy) is 2. The first kappa shape index (κ1) is 17.4. The number of esters is 1. The van der Waals surface area contributed by atoms with Gasteiger partial charge in [-0.15, -0.1) is 0 Å². The van der Waals surface area contributed by atoms with Crippen LogP contribution in [-0.4, -0.2) is 36.7 Å². The van der Waals surface area contributed by atoms with Crippen LogP contribution in [0.2, 0.25) is 0 Å². The Bertz CT molecular complexity index is 439. The van der Waals surface area contributed by atoms with Crippen LogP contribution in [0.15, 0.2) is 30.3 Å². The summed E-state index contributed by atoms with van der Waals surface area (Å²) in [6, 6.07) is 8.69. The first-order valence-electron chi connectivity index (χ1n) is 6.80. The average Bonchev–Trinajstić information content (AvgIpc) is 2.52. The molecule has 0 bridgehead atoms. The highest BCUT2D eigenvalue weighted by Crippen LogP contribution is 2.06. The van der Waals surface area contributed by atoms with Crippen LogP contribution in [0.1, 0.15) is 18.9 Å². The number of benzene rings is 1. The van der Waals surface area contributed by atoms with Gasteiger partial charge in [-0.1, -0.05) is 37.3 Å². The summed E-state index contributed by atoms with van der Waals surface area (Å²) in [6.07, 6.45) is -0.0956. The van der Waals surface area contributed by atoms with Crippen molar-refractivity contribution in [2.45, 2.75) is 26.0 Å². The van der Waals surface area contributed by atoms with Crippen molar-refractivity contribution < 1.29 is 19.1 Å². The maximum Gasteiger partial charge on any atom is 0.408 e. The lowest BCUT2D eigenvalue weighted by Gasteiger charge is -2.16. The number of carbonyl (C=O) groups is 2. The van der Waals surface area contributed by atoms with Crippen LogP contribution in [0.5, 0.6) is 0 Å². The zero-order valence-electron chi connectivity index (χ0n) is 12.3. The molecule has 1 N–H and O–H groups in total. The van der Waals surface area contributed by atoms with Crippen LogP contribution in [0.25, 0.3) is 0 Å². The number of methoxy groups -OCH3 is 1. The van der Waals surface area contributed by atoms with Crippen molar-refractivity contribution in [3.8, 4) is 0 Å². The molecule has 0 aromatic heterocycles. The Hall–Kier alpha value is -1.69. The molecule has 21 heavy (non-hydrogen) atoms. The van der Waals surface area contributed by atoms with E-state index in [1.165, 1.54) is 7.11 Å². The van der Waals surface area contributed by atoms with Gasteiger partial charge in [-0.25, -0.2) is 9.59 Å². The van der Waals surface area contributed by atoms with E-state index in [9.17, 15) is 9.59 Å². The molecule has 1 rings (SSSR count). The van der Waals surface area contributed by atoms with Crippen LogP contribution in [0.3, 0.4) is 0 Å². The molecule has 0 spiro atoms. The molecule has 0 heterocycles. The Labute approximate surface area is 129 Å². The van der Waals surface area contributed by atoms with Gasteiger partial charge in [-0.2, -0.15) is 11.8 Å². The Morgan fingerprint density at radius 1 is 1.29 bits per heavy atom. The minimum absolute atomic E-state index is 0.171. The predicted molar refractivity (Wildman–Crippen MR) is 83.2 cm³/mol. The van der Waals surface area contributed by atoms with E-state index in [4.69, 9.17) is 4.74 Å². The molecular formula is C15H21NO4S. The highest BCUT2D eigenvalue weighted by atomic mass is 32.2. The van der Waals surface area contributed by atoms with Crippen molar-refractivity contribution in [2.75, 3.05) is 18.6 Å². The van der Waals surface area contributed by atoms with Crippen LogP contribution < -0.4 is 5.32 Å². The van der Waals surface area contributed by atoms with E-state index in [2.05, 4.69) is 10.1 Å². The highest BCUT2D eigenvalue weighted by molar-refractivity contribution is 7.99. The third-order valence-corrected chi connectivity index (χ3v) is 3.68. The van der Waals surface area contributed by atoms with Gasteiger partial charge in [0.2, 0.25) is 0 Å². The van der Waals surface area contributed by atoms with E-state index >= 15 is 0 Å². The molecule has 1 unspecified atom stereocenters. The maximum absolute atomic E-state index is 11.7. The first-order chi connectivity index (χ1) is 10.2. The van der Waals surface area contributed by atoms with Gasteiger partial charge in [0, 0.05) is 0 Å². The quantitative estimate of drug-likeness (QED) is 0.590. The maximum atomic E-state index is 11.7. The molecule has 0 aliphatic carbocycles. The van der Waals surface area contributed by atoms with Crippen LogP contribution in [-0.2, 0) is 20.9 Å². The molecule has 1 aromatic carbocycles. The third-order valence-electron chi connectivity index (χ3n) is 2.75. The smallest absolute Gasteiger partial charge is 0.408 e. The fraction of sp³-hybridized carbons (Fsp3) is 0.467. The summed E-state index contributed by atoms with van der Waals surface area (Å²) in [5.41, 5.74) is 0.892. The summed E-state index contributed by atoms with van der Waals surface area (Å²) in [5.74, 6) is 1.28. The van der Waals surface area contributed by atoms with E-state index in [1.807, 2.05) is 37.3 Å². The molecule has 1 amide bonds. The van der Waals surface area contributed by atoms with Crippen molar-refractivity contribution >= 4 is 23.8 Å². The topological polar surface area (TPSA) is 64.6 Å². The normalized spacial score (nSPS) is 11.5. The molecule has 0 fully saturated rings. The molecule has 0 aliphatic rings. The summed E-state index contributed by atoms with van der Waals surface area (Å²) in [7, 11) is 1.30. The van der Waals surface area contributed by atoms with E-state index in [-0.39, 0.29) is 6.61 Å². The van der Waals surface area contributed by atoms with Crippen LogP contribution in [0, 0.1) is 0 Å². The number of nitrogens with one attached hydrogen (secondary N) is 1. The van der Waals surface area contributed by atoms with Gasteiger partial charge in [0.15, 0.2) is 0 Å². The van der Waals surface area contributed by atoms with Crippen LogP contribution >= 0.6 is 11.8 Å². The molecule has 5 nitrogen and oxygen atoms in total. The monoisotopic (exact) mass is 311 g/mol. The summed E-state index contributed by atoms with van der Waals surface area (Å²) in [5, 5.41) is 2.55. The molecule has 0 saturated heterocycles. The number of amides is 1. The van der Waals surface area contributed by atoms with Gasteiger partial charge >= 0.3 is 12.1 Å². The second-order valence-corrected chi connectivity index (χ2v) is 5.66. The molecular weight excluding hydrogens is 290 g/mol. The number of hydrogen-bond acceptors (Lipinski definition) is 5. The summed E-state index contributed by atoms with van der Waals surface area (Å²) < 4.78 is 9.78. The number of thioether (sulfide) groups is 1. The summed E-state index contributed by atoms with van der Waals surface area (Å²) in [4.78, 5) is 23.3. The van der Waals surface area contributed by atoms with Gasteiger partial charge in [-0.3, -0.25) is 0 Å². The standard InChI is InChI=1S/C15H21NO4S/c1-3-21-10-9-13(14(17)19-2)16-15(18)20-11-12-7-5-4-6-8-12/h4-8,13H,3,9-11H2,1-2H3,(H,16,18). The SMILES string of the molecule is CCSCCC(NC(=O)OCc1ccccc1)C(=O)OC. The molecule has 1 atom stereocenters. The number of hydrogen-bond donors (Lipinski definition) is 1. The van der Waals surface area contributed by atoms with Gasteiger partial charge in [0.25, 0.3) is 0 Å². The van der Waals surface area contributed by atoms with Crippen molar-refractivity contribution in [1.82, 2.24) is 5.32 Å². The zero-order chi connectivity index (χ0) is 15.5. The molecule has 0 saturated carbocycles. The third kappa shape index (κ3) is 7.04. The van der Waals surface area contributed by atoms with Gasteiger partial charge in [0.05, 0.1) is 7.11 Å². The van der Waals surface area contributed by atoms with Gasteiger partial charge in [-0.05, 0) is 23.5 Å². The lowest BCUT2D eigenvalue weighted by atomic mass is 10.2. The Balaban J connectivity index is 2.41. The number of carbonyl (C=O) groups excluding carboxylic acids is 2. The van der Waals surface area contributed by atoms with Gasteiger partial charge in [0.1, 0.15) is 12.6 Å². The number of alkyl carbamates (subject to hydrolysis) is 1. The average molecular weight is 311 g/mol. The fourth-order valence-electron chi connectivity index (χ4n) is 1.64. The van der Waals surface area contributed by atoms with E-state index in [0.717, 1.165) is 17.1 Å². The minimum Gasteiger partial charge on any atom is -0.467 e. The molecule has 0 aliphatic heterocycles. The number of rotatable bonds is 8. The van der Waals surface area contributed by atoms with E-state index < -0.39 is 18.1 Å². The molecule has 6 heteroatoms. The lowest BCUT2D eigenvalue weighted by Crippen LogP contribution is -2.42. The fourth-order valence-corrected chi connectivity index (χ4v) is 2.33. The first-order valence-corrected chi connectivity index (χ1v) is 7.95. The molecule has 0 radical (unpaired) electrons. The van der Waals surface area contributed by atoms with E-state index in [1.54, 1.807) is 11.8 Å². The van der Waals surface area contributed by atoms with E-state index in [0.29, 0.717) is 6.42 Å². The Morgan fingerprint density at radius 2 is 2.00 bits per heavy atom. The largest absolute Gasteiger partial charge is 0.467 e. The Kier molecular flexibility index (Phi) is 8.35. The van der Waals surface area contributed by atoms with Crippen LogP contribution in [0.4, 0.5) is 4.79 Å². The van der Waals surface area contributed by atoms with Gasteiger partial charge < -0.3 is 14.8 Å². The summed E-state index contributed by atoms with van der Waals surface area (Å²) >= 11 is 1.70. The second-order valence-electron chi connectivity index (χ2n) is 4.27. The molecule has 116 valence electrons. The minimum atomic E-state index is -0.669. The van der Waals surface area contributed by atoms with Crippen molar-refractivity contribution in [1.29, 1.82) is 0 Å². The van der Waals surface area contributed by atoms with Crippen molar-refractivity contribution in [3.05, 3.63) is 35.9 Å². The predicted octanol–water partition coefficient (Wildman–Crippen LogP) is 2.60. The molecule has 1 aromatic rings. The van der Waals surface area contributed by atoms with Crippen molar-refractivity contribution in [2.24, 2.45) is 0 Å². The second kappa shape index (κ2) is 10.1.